The van der Waals surface area contributed by atoms with E-state index in [2.05, 4.69) is 60.3 Å². The molecule has 0 spiro atoms. The summed E-state index contributed by atoms with van der Waals surface area (Å²) in [5, 5.41) is 3.45. The lowest BCUT2D eigenvalue weighted by atomic mass is 10.1. The van der Waals surface area contributed by atoms with Gasteiger partial charge in [0.2, 0.25) is 0 Å². The first-order chi connectivity index (χ1) is 9.22. The maximum absolute atomic E-state index is 3.45. The SMILES string of the molecule is CCNCc1ccccc1N1CCCN(C)CC1C. The van der Waals surface area contributed by atoms with Gasteiger partial charge in [0.15, 0.2) is 0 Å². The van der Waals surface area contributed by atoms with Crippen LogP contribution in [0.5, 0.6) is 0 Å². The summed E-state index contributed by atoms with van der Waals surface area (Å²) in [4.78, 5) is 5.02. The van der Waals surface area contributed by atoms with E-state index in [1.54, 1.807) is 0 Å². The molecule has 0 saturated carbocycles. The van der Waals surface area contributed by atoms with Gasteiger partial charge in [-0.3, -0.25) is 0 Å². The molecule has 1 aromatic rings. The largest absolute Gasteiger partial charge is 0.367 e. The molecule has 3 heteroatoms. The third-order valence-corrected chi connectivity index (χ3v) is 3.91. The first-order valence-electron chi connectivity index (χ1n) is 7.46. The van der Waals surface area contributed by atoms with E-state index in [0.717, 1.165) is 26.2 Å². The molecule has 1 unspecified atom stereocenters. The van der Waals surface area contributed by atoms with Gasteiger partial charge >= 0.3 is 0 Å². The molecule has 1 aliphatic rings. The number of nitrogens with zero attached hydrogens (tertiary/aromatic N) is 2. The highest BCUT2D eigenvalue weighted by Gasteiger charge is 2.21. The molecule has 0 aromatic heterocycles. The van der Waals surface area contributed by atoms with Crippen molar-refractivity contribution in [2.45, 2.75) is 32.9 Å². The number of hydrogen-bond acceptors (Lipinski definition) is 3. The maximum atomic E-state index is 3.45. The van der Waals surface area contributed by atoms with Crippen molar-refractivity contribution in [2.75, 3.05) is 38.1 Å². The van der Waals surface area contributed by atoms with Gasteiger partial charge in [-0.05, 0) is 45.1 Å². The fourth-order valence-electron chi connectivity index (χ4n) is 2.93. The lowest BCUT2D eigenvalue weighted by Crippen LogP contribution is -2.38. The molecule has 0 bridgehead atoms. The normalized spacial score (nSPS) is 21.4. The van der Waals surface area contributed by atoms with E-state index < -0.39 is 0 Å². The Morgan fingerprint density at radius 3 is 2.84 bits per heavy atom. The summed E-state index contributed by atoms with van der Waals surface area (Å²) in [7, 11) is 2.23. The van der Waals surface area contributed by atoms with E-state index >= 15 is 0 Å². The van der Waals surface area contributed by atoms with Gasteiger partial charge in [-0.2, -0.15) is 0 Å². The van der Waals surface area contributed by atoms with Gasteiger partial charge < -0.3 is 15.1 Å². The second-order valence-corrected chi connectivity index (χ2v) is 5.57. The molecule has 0 aliphatic carbocycles. The Labute approximate surface area is 117 Å². The molecule has 1 heterocycles. The first-order valence-corrected chi connectivity index (χ1v) is 7.46. The molecule has 106 valence electrons. The molecular formula is C16H27N3. The predicted octanol–water partition coefficient (Wildman–Crippen LogP) is 2.33. The molecule has 1 N–H and O–H groups in total. The number of rotatable bonds is 4. The Morgan fingerprint density at radius 1 is 1.26 bits per heavy atom. The molecule has 1 aliphatic heterocycles. The Hall–Kier alpha value is -1.06. The highest BCUT2D eigenvalue weighted by Crippen LogP contribution is 2.24. The minimum atomic E-state index is 0.579. The van der Waals surface area contributed by atoms with Crippen molar-refractivity contribution < 1.29 is 0 Å². The van der Waals surface area contributed by atoms with E-state index in [0.29, 0.717) is 6.04 Å². The fraction of sp³-hybridized carbons (Fsp3) is 0.625. The molecule has 0 radical (unpaired) electrons. The van der Waals surface area contributed by atoms with Crippen molar-refractivity contribution >= 4 is 5.69 Å². The zero-order chi connectivity index (χ0) is 13.7. The summed E-state index contributed by atoms with van der Waals surface area (Å²) in [6.45, 7) is 10.00. The van der Waals surface area contributed by atoms with Gasteiger partial charge in [-0.15, -0.1) is 0 Å². The highest BCUT2D eigenvalue weighted by molar-refractivity contribution is 5.54. The molecule has 1 atom stereocenters. The van der Waals surface area contributed by atoms with Crippen LogP contribution in [0, 0.1) is 0 Å². The van der Waals surface area contributed by atoms with Crippen LogP contribution >= 0.6 is 0 Å². The molecular weight excluding hydrogens is 234 g/mol. The van der Waals surface area contributed by atoms with Crippen LogP contribution in [0.2, 0.25) is 0 Å². The van der Waals surface area contributed by atoms with Gasteiger partial charge in [0.05, 0.1) is 0 Å². The Balaban J connectivity index is 2.19. The van der Waals surface area contributed by atoms with Gasteiger partial charge in [0.1, 0.15) is 0 Å². The number of anilines is 1. The lowest BCUT2D eigenvalue weighted by molar-refractivity contribution is 0.337. The van der Waals surface area contributed by atoms with E-state index in [1.165, 1.54) is 24.2 Å². The standard InChI is InChI=1S/C16H27N3/c1-4-17-12-15-8-5-6-9-16(15)19-11-7-10-18(3)13-14(19)2/h5-6,8-9,14,17H,4,7,10-13H2,1-3H3. The van der Waals surface area contributed by atoms with Gasteiger partial charge in [0, 0.05) is 31.4 Å². The van der Waals surface area contributed by atoms with Crippen molar-refractivity contribution in [3.8, 4) is 0 Å². The Morgan fingerprint density at radius 2 is 2.05 bits per heavy atom. The summed E-state index contributed by atoms with van der Waals surface area (Å²) >= 11 is 0. The Kier molecular flexibility index (Phi) is 5.23. The van der Waals surface area contributed by atoms with Crippen molar-refractivity contribution in [1.29, 1.82) is 0 Å². The molecule has 2 rings (SSSR count). The number of hydrogen-bond donors (Lipinski definition) is 1. The van der Waals surface area contributed by atoms with Crippen molar-refractivity contribution in [1.82, 2.24) is 10.2 Å². The second-order valence-electron chi connectivity index (χ2n) is 5.57. The first kappa shape index (κ1) is 14.4. The Bertz CT molecular complexity index is 391. The molecule has 1 aromatic carbocycles. The van der Waals surface area contributed by atoms with Crippen molar-refractivity contribution in [2.24, 2.45) is 0 Å². The lowest BCUT2D eigenvalue weighted by Gasteiger charge is -2.32. The average molecular weight is 261 g/mol. The molecule has 1 fully saturated rings. The van der Waals surface area contributed by atoms with Crippen molar-refractivity contribution in [3.63, 3.8) is 0 Å². The summed E-state index contributed by atoms with van der Waals surface area (Å²) < 4.78 is 0. The fourth-order valence-corrected chi connectivity index (χ4v) is 2.93. The summed E-state index contributed by atoms with van der Waals surface area (Å²) in [5.74, 6) is 0. The van der Waals surface area contributed by atoms with Gasteiger partial charge in [0.25, 0.3) is 0 Å². The van der Waals surface area contributed by atoms with Crippen LogP contribution in [-0.2, 0) is 6.54 Å². The molecule has 1 saturated heterocycles. The van der Waals surface area contributed by atoms with E-state index in [1.807, 2.05) is 0 Å². The summed E-state index contributed by atoms with van der Waals surface area (Å²) in [6.07, 6.45) is 1.25. The zero-order valence-electron chi connectivity index (χ0n) is 12.5. The number of nitrogens with one attached hydrogen (secondary N) is 1. The molecule has 0 amide bonds. The van der Waals surface area contributed by atoms with Gasteiger partial charge in [-0.25, -0.2) is 0 Å². The maximum Gasteiger partial charge on any atom is 0.0414 e. The van der Waals surface area contributed by atoms with Crippen LogP contribution in [-0.4, -0.2) is 44.2 Å². The van der Waals surface area contributed by atoms with Gasteiger partial charge in [-0.1, -0.05) is 25.1 Å². The monoisotopic (exact) mass is 261 g/mol. The van der Waals surface area contributed by atoms with Crippen molar-refractivity contribution in [3.05, 3.63) is 29.8 Å². The highest BCUT2D eigenvalue weighted by atomic mass is 15.2. The van der Waals surface area contributed by atoms with Crippen LogP contribution in [0.25, 0.3) is 0 Å². The number of likely N-dealkylation sites (N-methyl/N-ethyl adjacent to an activating group) is 1. The summed E-state index contributed by atoms with van der Waals surface area (Å²) in [5.41, 5.74) is 2.83. The third-order valence-electron chi connectivity index (χ3n) is 3.91. The topological polar surface area (TPSA) is 18.5 Å². The van der Waals surface area contributed by atoms with Crippen LogP contribution in [0.1, 0.15) is 25.8 Å². The van der Waals surface area contributed by atoms with Crippen LogP contribution in [0.15, 0.2) is 24.3 Å². The minimum Gasteiger partial charge on any atom is -0.367 e. The summed E-state index contributed by atoms with van der Waals surface area (Å²) in [6, 6.07) is 9.40. The smallest absolute Gasteiger partial charge is 0.0414 e. The quantitative estimate of drug-likeness (QED) is 0.897. The predicted molar refractivity (Wildman–Crippen MR) is 82.7 cm³/mol. The molecule has 3 nitrogen and oxygen atoms in total. The van der Waals surface area contributed by atoms with Crippen LogP contribution in [0.4, 0.5) is 5.69 Å². The minimum absolute atomic E-state index is 0.579. The third kappa shape index (κ3) is 3.71. The zero-order valence-corrected chi connectivity index (χ0v) is 12.5. The van der Waals surface area contributed by atoms with E-state index in [9.17, 15) is 0 Å². The number of benzene rings is 1. The van der Waals surface area contributed by atoms with E-state index in [-0.39, 0.29) is 0 Å². The van der Waals surface area contributed by atoms with E-state index in [4.69, 9.17) is 0 Å². The second kappa shape index (κ2) is 6.92. The van der Waals surface area contributed by atoms with Crippen LogP contribution in [0.3, 0.4) is 0 Å². The van der Waals surface area contributed by atoms with Crippen LogP contribution < -0.4 is 10.2 Å². The average Bonchev–Trinajstić information content (AvgIpc) is 2.57. The number of para-hydroxylation sites is 1. The molecule has 19 heavy (non-hydrogen) atoms.